The zero-order valence-corrected chi connectivity index (χ0v) is 8.58. The number of hydrogen-bond donors (Lipinski definition) is 1. The van der Waals surface area contributed by atoms with Gasteiger partial charge in [0.25, 0.3) is 0 Å². The summed E-state index contributed by atoms with van der Waals surface area (Å²) in [4.78, 5) is 10.7. The number of phenolic OH excluding ortho intramolecular Hbond substituents is 1. The fourth-order valence-corrected chi connectivity index (χ4v) is 1.15. The summed E-state index contributed by atoms with van der Waals surface area (Å²) in [6, 6.07) is 2.03. The van der Waals surface area contributed by atoms with Gasteiger partial charge in [0.1, 0.15) is 11.6 Å². The van der Waals surface area contributed by atoms with Crippen LogP contribution in [0.2, 0.25) is 5.02 Å². The SMILES string of the molecule is COC(=O)C=Cc1cc(F)cc(Cl)c1O. The molecule has 0 aliphatic carbocycles. The largest absolute Gasteiger partial charge is 0.506 e. The maximum atomic E-state index is 12.9. The molecule has 0 saturated heterocycles. The molecular weight excluding hydrogens is 223 g/mol. The van der Waals surface area contributed by atoms with E-state index in [4.69, 9.17) is 11.6 Å². The number of methoxy groups -OCH3 is 1. The molecule has 1 aromatic rings. The molecule has 1 aromatic carbocycles. The number of phenols is 1. The van der Waals surface area contributed by atoms with Crippen molar-refractivity contribution in [2.75, 3.05) is 7.11 Å². The molecule has 1 rings (SSSR count). The second-order valence-corrected chi connectivity index (χ2v) is 3.09. The smallest absolute Gasteiger partial charge is 0.330 e. The highest BCUT2D eigenvalue weighted by atomic mass is 35.5. The predicted molar refractivity (Wildman–Crippen MR) is 54.1 cm³/mol. The van der Waals surface area contributed by atoms with Crippen molar-refractivity contribution in [3.63, 3.8) is 0 Å². The number of halogens is 2. The van der Waals surface area contributed by atoms with E-state index in [1.54, 1.807) is 0 Å². The van der Waals surface area contributed by atoms with Crippen molar-refractivity contribution in [2.24, 2.45) is 0 Å². The van der Waals surface area contributed by atoms with Gasteiger partial charge in [-0.05, 0) is 18.2 Å². The van der Waals surface area contributed by atoms with Crippen molar-refractivity contribution in [3.8, 4) is 5.75 Å². The molecule has 1 N–H and O–H groups in total. The van der Waals surface area contributed by atoms with Crippen LogP contribution >= 0.6 is 11.6 Å². The Hall–Kier alpha value is -1.55. The summed E-state index contributed by atoms with van der Waals surface area (Å²) in [7, 11) is 1.21. The average Bonchev–Trinajstić information content (AvgIpc) is 2.20. The van der Waals surface area contributed by atoms with Gasteiger partial charge in [0.05, 0.1) is 12.1 Å². The number of hydrogen-bond acceptors (Lipinski definition) is 3. The lowest BCUT2D eigenvalue weighted by atomic mass is 10.2. The normalized spacial score (nSPS) is 10.6. The van der Waals surface area contributed by atoms with E-state index in [2.05, 4.69) is 4.74 Å². The summed E-state index contributed by atoms with van der Waals surface area (Å²) < 4.78 is 17.2. The van der Waals surface area contributed by atoms with Crippen LogP contribution in [0, 0.1) is 5.82 Å². The van der Waals surface area contributed by atoms with E-state index >= 15 is 0 Å². The molecule has 0 radical (unpaired) electrons. The van der Waals surface area contributed by atoms with E-state index in [1.165, 1.54) is 13.2 Å². The topological polar surface area (TPSA) is 46.5 Å². The van der Waals surface area contributed by atoms with Gasteiger partial charge in [-0.1, -0.05) is 11.6 Å². The van der Waals surface area contributed by atoms with Crippen molar-refractivity contribution in [1.82, 2.24) is 0 Å². The second-order valence-electron chi connectivity index (χ2n) is 2.68. The van der Waals surface area contributed by atoms with Crippen LogP contribution in [0.5, 0.6) is 5.75 Å². The standard InChI is InChI=1S/C10H8ClFO3/c1-15-9(13)3-2-6-4-7(12)5-8(11)10(6)14/h2-5,14H,1H3. The Labute approximate surface area is 90.7 Å². The molecule has 0 aromatic heterocycles. The molecule has 0 amide bonds. The molecule has 0 saturated carbocycles. The highest BCUT2D eigenvalue weighted by Gasteiger charge is 2.06. The van der Waals surface area contributed by atoms with Gasteiger partial charge >= 0.3 is 5.97 Å². The predicted octanol–water partition coefficient (Wildman–Crippen LogP) is 2.37. The molecule has 0 atom stereocenters. The van der Waals surface area contributed by atoms with Crippen LogP contribution in [-0.4, -0.2) is 18.2 Å². The second kappa shape index (κ2) is 4.79. The van der Waals surface area contributed by atoms with Crippen LogP contribution in [0.3, 0.4) is 0 Å². The molecule has 0 spiro atoms. The molecule has 3 nitrogen and oxygen atoms in total. The quantitative estimate of drug-likeness (QED) is 0.627. The average molecular weight is 231 g/mol. The van der Waals surface area contributed by atoms with Crippen molar-refractivity contribution < 1.29 is 19.0 Å². The maximum Gasteiger partial charge on any atom is 0.330 e. The first kappa shape index (κ1) is 11.5. The summed E-state index contributed by atoms with van der Waals surface area (Å²) in [5.41, 5.74) is 0.116. The molecule has 0 fully saturated rings. The van der Waals surface area contributed by atoms with Crippen LogP contribution in [0.4, 0.5) is 4.39 Å². The molecule has 0 aliphatic rings. The lowest BCUT2D eigenvalue weighted by Gasteiger charge is -2.01. The highest BCUT2D eigenvalue weighted by molar-refractivity contribution is 6.32. The van der Waals surface area contributed by atoms with Gasteiger partial charge in [-0.15, -0.1) is 0 Å². The minimum atomic E-state index is -0.602. The maximum absolute atomic E-state index is 12.9. The van der Waals surface area contributed by atoms with Crippen LogP contribution in [0.15, 0.2) is 18.2 Å². The van der Waals surface area contributed by atoms with Gasteiger partial charge in [-0.25, -0.2) is 9.18 Å². The minimum Gasteiger partial charge on any atom is -0.506 e. The molecule has 0 unspecified atom stereocenters. The lowest BCUT2D eigenvalue weighted by molar-refractivity contribution is -0.134. The number of ether oxygens (including phenoxy) is 1. The Balaban J connectivity index is 3.04. The van der Waals surface area contributed by atoms with Crippen LogP contribution in [0.25, 0.3) is 6.08 Å². The summed E-state index contributed by atoms with van der Waals surface area (Å²) in [6.45, 7) is 0. The van der Waals surface area contributed by atoms with Gasteiger partial charge in [0.15, 0.2) is 0 Å². The van der Waals surface area contributed by atoms with Crippen LogP contribution < -0.4 is 0 Å². The first-order chi connectivity index (χ1) is 7.04. The van der Waals surface area contributed by atoms with Crippen LogP contribution in [0.1, 0.15) is 5.56 Å². The Morgan fingerprint density at radius 1 is 1.60 bits per heavy atom. The lowest BCUT2D eigenvalue weighted by Crippen LogP contribution is -1.93. The number of carbonyl (C=O) groups is 1. The monoisotopic (exact) mass is 230 g/mol. The van der Waals surface area contributed by atoms with E-state index in [0.29, 0.717) is 0 Å². The van der Waals surface area contributed by atoms with E-state index in [0.717, 1.165) is 18.2 Å². The highest BCUT2D eigenvalue weighted by Crippen LogP contribution is 2.29. The van der Waals surface area contributed by atoms with Gasteiger partial charge < -0.3 is 9.84 Å². The van der Waals surface area contributed by atoms with Gasteiger partial charge in [0.2, 0.25) is 0 Å². The molecule has 80 valence electrons. The number of benzene rings is 1. The number of carbonyl (C=O) groups excluding carboxylic acids is 1. The Morgan fingerprint density at radius 3 is 2.87 bits per heavy atom. The number of aromatic hydroxyl groups is 1. The molecular formula is C10H8ClFO3. The summed E-state index contributed by atoms with van der Waals surface area (Å²) in [6.07, 6.45) is 2.28. The summed E-state index contributed by atoms with van der Waals surface area (Å²) in [5.74, 6) is -1.48. The van der Waals surface area contributed by atoms with E-state index in [-0.39, 0.29) is 16.3 Å². The molecule has 15 heavy (non-hydrogen) atoms. The van der Waals surface area contributed by atoms with Crippen LogP contribution in [-0.2, 0) is 9.53 Å². The van der Waals surface area contributed by atoms with Crippen molar-refractivity contribution in [1.29, 1.82) is 0 Å². The number of esters is 1. The van der Waals surface area contributed by atoms with E-state index in [1.807, 2.05) is 0 Å². The molecule has 0 heterocycles. The summed E-state index contributed by atoms with van der Waals surface area (Å²) >= 11 is 5.53. The first-order valence-corrected chi connectivity index (χ1v) is 4.36. The fraction of sp³-hybridized carbons (Fsp3) is 0.100. The van der Waals surface area contributed by atoms with Gasteiger partial charge in [0, 0.05) is 11.6 Å². The summed E-state index contributed by atoms with van der Waals surface area (Å²) in [5, 5.41) is 9.29. The van der Waals surface area contributed by atoms with Crippen molar-refractivity contribution in [2.45, 2.75) is 0 Å². The van der Waals surface area contributed by atoms with Crippen molar-refractivity contribution in [3.05, 3.63) is 34.6 Å². The zero-order chi connectivity index (χ0) is 11.4. The first-order valence-electron chi connectivity index (χ1n) is 3.98. The van der Waals surface area contributed by atoms with Gasteiger partial charge in [-0.2, -0.15) is 0 Å². The van der Waals surface area contributed by atoms with E-state index in [9.17, 15) is 14.3 Å². The third-order valence-corrected chi connectivity index (χ3v) is 1.95. The minimum absolute atomic E-state index is 0.112. The molecule has 0 bridgehead atoms. The Kier molecular flexibility index (Phi) is 3.68. The third-order valence-electron chi connectivity index (χ3n) is 1.66. The molecule has 5 heteroatoms. The Morgan fingerprint density at radius 2 is 2.27 bits per heavy atom. The van der Waals surface area contributed by atoms with E-state index < -0.39 is 11.8 Å². The third kappa shape index (κ3) is 2.95. The fourth-order valence-electron chi connectivity index (χ4n) is 0.939. The molecule has 0 aliphatic heterocycles. The van der Waals surface area contributed by atoms with Crippen molar-refractivity contribution >= 4 is 23.6 Å². The Bertz CT molecular complexity index is 415. The zero-order valence-electron chi connectivity index (χ0n) is 7.83. The number of rotatable bonds is 2. The van der Waals surface area contributed by atoms with Gasteiger partial charge in [-0.3, -0.25) is 0 Å².